The average Bonchev–Trinajstić information content (AvgIpc) is 2.87. The first kappa shape index (κ1) is 16.1. The van der Waals surface area contributed by atoms with E-state index in [1.54, 1.807) is 11.8 Å². The van der Waals surface area contributed by atoms with Gasteiger partial charge in [-0.05, 0) is 44.1 Å². The molecule has 1 rings (SSSR count). The van der Waals surface area contributed by atoms with Crippen LogP contribution in [0.25, 0.3) is 0 Å². The van der Waals surface area contributed by atoms with Crippen molar-refractivity contribution in [3.8, 4) is 0 Å². The molecule has 0 bridgehead atoms. The number of hydrogen-bond donors (Lipinski definition) is 3. The molecule has 19 heavy (non-hydrogen) atoms. The van der Waals surface area contributed by atoms with Gasteiger partial charge in [0, 0.05) is 6.04 Å². The lowest BCUT2D eigenvalue weighted by Gasteiger charge is -2.22. The van der Waals surface area contributed by atoms with Crippen molar-refractivity contribution in [1.29, 1.82) is 0 Å². The summed E-state index contributed by atoms with van der Waals surface area (Å²) in [5, 5.41) is 14.4. The Morgan fingerprint density at radius 2 is 1.95 bits per heavy atom. The lowest BCUT2D eigenvalue weighted by atomic mass is 10.0. The highest BCUT2D eigenvalue weighted by Gasteiger charge is 2.24. The maximum atomic E-state index is 11.8. The van der Waals surface area contributed by atoms with Crippen LogP contribution in [0, 0.1) is 5.92 Å². The van der Waals surface area contributed by atoms with Crippen LogP contribution in [-0.2, 0) is 4.79 Å². The summed E-state index contributed by atoms with van der Waals surface area (Å²) in [4.78, 5) is 22.8. The molecule has 0 aromatic carbocycles. The fraction of sp³-hybridized carbons (Fsp3) is 0.846. The van der Waals surface area contributed by atoms with Crippen molar-refractivity contribution in [1.82, 2.24) is 10.6 Å². The zero-order valence-corrected chi connectivity index (χ0v) is 12.5. The van der Waals surface area contributed by atoms with Crippen LogP contribution in [-0.4, -0.2) is 41.2 Å². The lowest BCUT2D eigenvalue weighted by molar-refractivity contribution is -0.139. The summed E-state index contributed by atoms with van der Waals surface area (Å²) in [5.74, 6) is 0.271. The van der Waals surface area contributed by atoms with Crippen LogP contribution < -0.4 is 10.6 Å². The number of hydrogen-bond acceptors (Lipinski definition) is 3. The van der Waals surface area contributed by atoms with E-state index in [1.165, 1.54) is 12.8 Å². The molecule has 0 aromatic heterocycles. The highest BCUT2D eigenvalue weighted by atomic mass is 32.2. The predicted octanol–water partition coefficient (Wildman–Crippen LogP) is 2.07. The summed E-state index contributed by atoms with van der Waals surface area (Å²) >= 11 is 1.57. The van der Waals surface area contributed by atoms with Gasteiger partial charge in [0.05, 0.1) is 0 Å². The van der Waals surface area contributed by atoms with Gasteiger partial charge in [0.25, 0.3) is 0 Å². The van der Waals surface area contributed by atoms with E-state index < -0.39 is 12.0 Å². The van der Waals surface area contributed by atoms with E-state index in [-0.39, 0.29) is 12.1 Å². The molecule has 1 aliphatic carbocycles. The van der Waals surface area contributed by atoms with Crippen LogP contribution in [0.3, 0.4) is 0 Å². The van der Waals surface area contributed by atoms with Crippen molar-refractivity contribution in [3.63, 3.8) is 0 Å². The molecule has 1 aliphatic rings. The number of nitrogens with one attached hydrogen (secondary N) is 2. The molecule has 1 fully saturated rings. The van der Waals surface area contributed by atoms with Crippen LogP contribution in [0.4, 0.5) is 4.79 Å². The van der Waals surface area contributed by atoms with Crippen LogP contribution >= 0.6 is 11.8 Å². The third kappa shape index (κ3) is 5.72. The topological polar surface area (TPSA) is 78.4 Å². The number of urea groups is 1. The van der Waals surface area contributed by atoms with E-state index in [0.717, 1.165) is 18.6 Å². The fourth-order valence-electron chi connectivity index (χ4n) is 2.48. The van der Waals surface area contributed by atoms with Crippen molar-refractivity contribution in [2.24, 2.45) is 5.92 Å². The molecule has 0 spiro atoms. The number of carbonyl (C=O) groups excluding carboxylic acids is 1. The van der Waals surface area contributed by atoms with Gasteiger partial charge in [-0.25, -0.2) is 9.59 Å². The summed E-state index contributed by atoms with van der Waals surface area (Å²) < 4.78 is 0. The Bertz CT molecular complexity index is 306. The second kappa shape index (κ2) is 8.30. The number of amides is 2. The third-order valence-corrected chi connectivity index (χ3v) is 4.32. The van der Waals surface area contributed by atoms with E-state index in [9.17, 15) is 9.59 Å². The van der Waals surface area contributed by atoms with Gasteiger partial charge in [0.2, 0.25) is 0 Å². The van der Waals surface area contributed by atoms with Gasteiger partial charge in [0.1, 0.15) is 6.04 Å². The molecule has 0 radical (unpaired) electrons. The van der Waals surface area contributed by atoms with Crippen molar-refractivity contribution < 1.29 is 14.7 Å². The molecule has 1 unspecified atom stereocenters. The Morgan fingerprint density at radius 3 is 2.47 bits per heavy atom. The quantitative estimate of drug-likeness (QED) is 0.670. The van der Waals surface area contributed by atoms with Gasteiger partial charge in [0.15, 0.2) is 0 Å². The van der Waals surface area contributed by atoms with E-state index in [2.05, 4.69) is 10.6 Å². The normalized spacial score (nSPS) is 18.8. The van der Waals surface area contributed by atoms with Crippen LogP contribution in [0.1, 0.15) is 39.0 Å². The SMILES string of the molecule is CSCC[C@@H](NC(=O)NC(C)C1CCCC1)C(=O)O. The van der Waals surface area contributed by atoms with Gasteiger partial charge in [-0.2, -0.15) is 11.8 Å². The maximum Gasteiger partial charge on any atom is 0.326 e. The van der Waals surface area contributed by atoms with Crippen LogP contribution in [0.2, 0.25) is 0 Å². The van der Waals surface area contributed by atoms with E-state index in [1.807, 2.05) is 13.2 Å². The van der Waals surface area contributed by atoms with Gasteiger partial charge in [-0.1, -0.05) is 12.8 Å². The number of aliphatic carboxylic acids is 1. The van der Waals surface area contributed by atoms with Gasteiger partial charge in [-0.3, -0.25) is 0 Å². The maximum absolute atomic E-state index is 11.8. The highest BCUT2D eigenvalue weighted by molar-refractivity contribution is 7.98. The zero-order valence-electron chi connectivity index (χ0n) is 11.6. The molecular weight excluding hydrogens is 264 g/mol. The largest absolute Gasteiger partial charge is 0.480 e. The first-order chi connectivity index (χ1) is 9.04. The minimum atomic E-state index is -0.974. The molecule has 5 nitrogen and oxygen atoms in total. The molecular formula is C13H24N2O3S. The fourth-order valence-corrected chi connectivity index (χ4v) is 2.95. The molecule has 0 aromatic rings. The van der Waals surface area contributed by atoms with Gasteiger partial charge in [-0.15, -0.1) is 0 Å². The van der Waals surface area contributed by atoms with E-state index in [4.69, 9.17) is 5.11 Å². The van der Waals surface area contributed by atoms with E-state index >= 15 is 0 Å². The van der Waals surface area contributed by atoms with E-state index in [0.29, 0.717) is 12.3 Å². The second-order valence-electron chi connectivity index (χ2n) is 5.12. The van der Waals surface area contributed by atoms with Crippen molar-refractivity contribution in [2.75, 3.05) is 12.0 Å². The lowest BCUT2D eigenvalue weighted by Crippen LogP contribution is -2.49. The Kier molecular flexibility index (Phi) is 7.05. The predicted molar refractivity (Wildman–Crippen MR) is 77.5 cm³/mol. The number of rotatable bonds is 7. The molecule has 6 heteroatoms. The minimum Gasteiger partial charge on any atom is -0.480 e. The third-order valence-electron chi connectivity index (χ3n) is 3.68. The van der Waals surface area contributed by atoms with Crippen molar-refractivity contribution in [3.05, 3.63) is 0 Å². The Hall–Kier alpha value is -0.910. The number of carboxylic acids is 1. The smallest absolute Gasteiger partial charge is 0.326 e. The summed E-state index contributed by atoms with van der Waals surface area (Å²) in [6, 6.07) is -1.06. The zero-order chi connectivity index (χ0) is 14.3. The highest BCUT2D eigenvalue weighted by Crippen LogP contribution is 2.27. The standard InChI is InChI=1S/C13H24N2O3S/c1-9(10-5-3-4-6-10)14-13(18)15-11(12(16)17)7-8-19-2/h9-11H,3-8H2,1-2H3,(H,16,17)(H2,14,15,18)/t9?,11-/m1/s1. The van der Waals surface area contributed by atoms with Gasteiger partial charge >= 0.3 is 12.0 Å². The van der Waals surface area contributed by atoms with Crippen LogP contribution in [0.5, 0.6) is 0 Å². The first-order valence-corrected chi connectivity index (χ1v) is 8.22. The average molecular weight is 288 g/mol. The molecule has 110 valence electrons. The molecule has 0 aliphatic heterocycles. The second-order valence-corrected chi connectivity index (χ2v) is 6.11. The molecule has 0 heterocycles. The number of carbonyl (C=O) groups is 2. The number of thioether (sulfide) groups is 1. The minimum absolute atomic E-state index is 0.109. The Balaban J connectivity index is 2.36. The van der Waals surface area contributed by atoms with Crippen LogP contribution in [0.15, 0.2) is 0 Å². The monoisotopic (exact) mass is 288 g/mol. The summed E-state index contributed by atoms with van der Waals surface area (Å²) in [7, 11) is 0. The van der Waals surface area contributed by atoms with Crippen molar-refractivity contribution in [2.45, 2.75) is 51.1 Å². The Morgan fingerprint density at radius 1 is 1.32 bits per heavy atom. The first-order valence-electron chi connectivity index (χ1n) is 6.83. The van der Waals surface area contributed by atoms with Crippen molar-refractivity contribution >= 4 is 23.8 Å². The summed E-state index contributed by atoms with van der Waals surface area (Å²) in [5.41, 5.74) is 0. The molecule has 2 amide bonds. The molecule has 3 N–H and O–H groups in total. The van der Waals surface area contributed by atoms with Gasteiger partial charge < -0.3 is 15.7 Å². The number of carboxylic acid groups (broad SMARTS) is 1. The summed E-state index contributed by atoms with van der Waals surface area (Å²) in [6.07, 6.45) is 7.11. The molecule has 1 saturated carbocycles. The molecule has 2 atom stereocenters. The molecule has 0 saturated heterocycles. The summed E-state index contributed by atoms with van der Waals surface area (Å²) in [6.45, 7) is 1.99. The Labute approximate surface area is 118 Å².